The number of likely N-dealkylation sites (N-methyl/N-ethyl adjacent to an activating group) is 2. The molecule has 348 valence electrons. The second-order valence-corrected chi connectivity index (χ2v) is 18.7. The van der Waals surface area contributed by atoms with Gasteiger partial charge in [-0.2, -0.15) is 26.3 Å². The normalized spacial score (nSPS) is 23.6. The molecule has 8 rings (SSSR count). The summed E-state index contributed by atoms with van der Waals surface area (Å²) >= 11 is 0. The molecule has 16 heteroatoms. The quantitative estimate of drug-likeness (QED) is 0.167. The van der Waals surface area contributed by atoms with Gasteiger partial charge in [0.2, 0.25) is 11.8 Å². The maximum absolute atomic E-state index is 13.5. The van der Waals surface area contributed by atoms with E-state index < -0.39 is 23.5 Å². The number of aromatic nitrogens is 2. The van der Waals surface area contributed by atoms with Crippen LogP contribution in [0.2, 0.25) is 0 Å². The highest BCUT2D eigenvalue weighted by atomic mass is 19.4. The van der Waals surface area contributed by atoms with Gasteiger partial charge in [-0.25, -0.2) is 0 Å². The third-order valence-electron chi connectivity index (χ3n) is 13.6. The summed E-state index contributed by atoms with van der Waals surface area (Å²) in [5, 5.41) is 1.07. The highest BCUT2D eigenvalue weighted by Gasteiger charge is 2.37. The van der Waals surface area contributed by atoms with Crippen LogP contribution in [-0.4, -0.2) is 157 Å². The second-order valence-electron chi connectivity index (χ2n) is 18.7. The van der Waals surface area contributed by atoms with Crippen molar-refractivity contribution in [1.82, 2.24) is 39.4 Å². The molecule has 0 unspecified atom stereocenters. The number of rotatable bonds is 8. The fraction of sp³-hybridized carbons (Fsp3) is 0.583. The number of nitrogens with zero attached hydrogens (tertiary/aromatic N) is 8. The zero-order chi connectivity index (χ0) is 45.8. The third kappa shape index (κ3) is 11.7. The number of carbonyl (C=O) groups excluding carboxylic acids is 2. The summed E-state index contributed by atoms with van der Waals surface area (Å²) in [4.78, 5) is 47.2. The van der Waals surface area contributed by atoms with Crippen molar-refractivity contribution in [1.29, 1.82) is 0 Å². The molecule has 0 aliphatic carbocycles. The van der Waals surface area contributed by atoms with Crippen LogP contribution >= 0.6 is 0 Å². The summed E-state index contributed by atoms with van der Waals surface area (Å²) in [6.45, 7) is 16.2. The van der Waals surface area contributed by atoms with E-state index in [0.29, 0.717) is 49.8 Å². The average Bonchev–Trinajstić information content (AvgIpc) is 3.26. The number of hydrogen-bond donors (Lipinski definition) is 0. The van der Waals surface area contributed by atoms with E-state index in [1.807, 2.05) is 9.80 Å². The molecule has 0 radical (unpaired) electrons. The fourth-order valence-electron chi connectivity index (χ4n) is 10.1. The van der Waals surface area contributed by atoms with Gasteiger partial charge >= 0.3 is 12.4 Å². The van der Waals surface area contributed by atoms with E-state index >= 15 is 0 Å². The van der Waals surface area contributed by atoms with Crippen molar-refractivity contribution in [3.63, 3.8) is 0 Å². The van der Waals surface area contributed by atoms with Gasteiger partial charge in [-0.05, 0) is 74.2 Å². The first-order valence-electron chi connectivity index (χ1n) is 22.7. The van der Waals surface area contributed by atoms with Crippen molar-refractivity contribution in [2.24, 2.45) is 11.8 Å². The van der Waals surface area contributed by atoms with Gasteiger partial charge in [0, 0.05) is 139 Å². The predicted molar refractivity (Wildman–Crippen MR) is 237 cm³/mol. The zero-order valence-electron chi connectivity index (χ0n) is 37.5. The molecule has 2 amide bonds. The van der Waals surface area contributed by atoms with Crippen LogP contribution in [0.15, 0.2) is 60.9 Å². The number of carbonyl (C=O) groups is 2. The Hall–Kier alpha value is -4.38. The molecule has 4 aliphatic heterocycles. The Morgan fingerprint density at radius 1 is 0.562 bits per heavy atom. The summed E-state index contributed by atoms with van der Waals surface area (Å²) in [6, 6.07) is 12.2. The van der Waals surface area contributed by atoms with Crippen molar-refractivity contribution in [3.8, 4) is 0 Å². The molecule has 2 aromatic carbocycles. The average molecular weight is 897 g/mol. The molecule has 6 heterocycles. The maximum atomic E-state index is 13.5. The molecule has 4 saturated heterocycles. The number of halogens is 6. The van der Waals surface area contributed by atoms with Crippen molar-refractivity contribution in [2.75, 3.05) is 106 Å². The van der Waals surface area contributed by atoms with Gasteiger partial charge in [0.1, 0.15) is 0 Å². The standard InChI is InChI=1S/2C24H31F3N4O/c2*1-17-14-18(16-31(15-17)22(32)7-9-30-12-10-29(2)11-13-30)19-5-6-21(24(25,26)27)23-20(19)4-3-8-28-23/h2*3-6,8,17-18H,7,9-16H2,1-2H3/t2*17-,18+/m10/s1. The van der Waals surface area contributed by atoms with E-state index in [4.69, 9.17) is 0 Å². The molecular weight excluding hydrogens is 835 g/mol. The molecule has 4 aromatic rings. The predicted octanol–water partition coefficient (Wildman–Crippen LogP) is 7.69. The molecule has 0 bridgehead atoms. The molecule has 0 saturated carbocycles. The molecular formula is C48H62F6N8O2. The molecule has 0 spiro atoms. The number of benzene rings is 2. The summed E-state index contributed by atoms with van der Waals surface area (Å²) in [5.74, 6) is 0.844. The monoisotopic (exact) mass is 896 g/mol. The van der Waals surface area contributed by atoms with Crippen LogP contribution in [0.4, 0.5) is 26.3 Å². The number of pyridine rings is 2. The van der Waals surface area contributed by atoms with Gasteiger partial charge in [0.25, 0.3) is 0 Å². The topological polar surface area (TPSA) is 79.4 Å². The van der Waals surface area contributed by atoms with Crippen LogP contribution < -0.4 is 0 Å². The van der Waals surface area contributed by atoms with E-state index in [9.17, 15) is 35.9 Å². The van der Waals surface area contributed by atoms with E-state index in [1.54, 1.807) is 36.4 Å². The van der Waals surface area contributed by atoms with Gasteiger partial charge in [-0.15, -0.1) is 0 Å². The van der Waals surface area contributed by atoms with Gasteiger partial charge in [-0.1, -0.05) is 38.1 Å². The maximum Gasteiger partial charge on any atom is 0.418 e. The Balaban J connectivity index is 0.000000191. The third-order valence-corrected chi connectivity index (χ3v) is 13.6. The first-order valence-corrected chi connectivity index (χ1v) is 22.7. The minimum absolute atomic E-state index is 0.000296. The van der Waals surface area contributed by atoms with Crippen LogP contribution in [0.25, 0.3) is 21.8 Å². The van der Waals surface area contributed by atoms with E-state index in [0.717, 1.165) is 102 Å². The minimum atomic E-state index is -4.45. The summed E-state index contributed by atoms with van der Waals surface area (Å²) in [5.41, 5.74) is 0.267. The molecule has 4 fully saturated rings. The van der Waals surface area contributed by atoms with Crippen molar-refractivity contribution >= 4 is 33.6 Å². The van der Waals surface area contributed by atoms with Crippen LogP contribution in [-0.2, 0) is 21.9 Å². The van der Waals surface area contributed by atoms with Crippen molar-refractivity contribution < 1.29 is 35.9 Å². The minimum Gasteiger partial charge on any atom is -0.342 e. The Kier molecular flexibility index (Phi) is 15.2. The number of likely N-dealkylation sites (tertiary alicyclic amines) is 2. The van der Waals surface area contributed by atoms with E-state index in [1.165, 1.54) is 12.4 Å². The van der Waals surface area contributed by atoms with Crippen LogP contribution in [0.3, 0.4) is 0 Å². The highest BCUT2D eigenvalue weighted by Crippen LogP contribution is 2.41. The lowest BCUT2D eigenvalue weighted by Crippen LogP contribution is -2.47. The fourth-order valence-corrected chi connectivity index (χ4v) is 10.1. The number of piperazine rings is 2. The molecule has 10 nitrogen and oxygen atoms in total. The molecule has 0 N–H and O–H groups in total. The lowest BCUT2D eigenvalue weighted by atomic mass is 9.83. The SMILES string of the molecule is C[C@@H]1C[C@H](c2ccc(C(F)(F)F)c3ncccc23)CN(C(=O)CCN2CCN(C)CC2)C1.C[C@H]1C[C@@H](c2ccc(C(F)(F)F)c3ncccc23)CN(C(=O)CCN2CCN(C)CC2)C1. The largest absolute Gasteiger partial charge is 0.418 e. The molecule has 64 heavy (non-hydrogen) atoms. The lowest BCUT2D eigenvalue weighted by molar-refractivity contribution is -0.137. The van der Waals surface area contributed by atoms with Crippen molar-refractivity contribution in [2.45, 2.75) is 63.7 Å². The zero-order valence-corrected chi connectivity index (χ0v) is 37.5. The van der Waals surface area contributed by atoms with Gasteiger partial charge in [0.15, 0.2) is 0 Å². The number of alkyl halides is 6. The van der Waals surface area contributed by atoms with Gasteiger partial charge in [-0.3, -0.25) is 19.6 Å². The second kappa shape index (κ2) is 20.4. The Bertz CT molecular complexity index is 2070. The highest BCUT2D eigenvalue weighted by molar-refractivity contribution is 5.87. The van der Waals surface area contributed by atoms with Crippen LogP contribution in [0.1, 0.15) is 73.6 Å². The number of hydrogen-bond acceptors (Lipinski definition) is 8. The Labute approximate surface area is 372 Å². The van der Waals surface area contributed by atoms with E-state index in [2.05, 4.69) is 57.5 Å². The van der Waals surface area contributed by atoms with Crippen molar-refractivity contribution in [3.05, 3.63) is 83.2 Å². The van der Waals surface area contributed by atoms with Gasteiger partial charge in [0.05, 0.1) is 22.2 Å². The Morgan fingerprint density at radius 2 is 0.938 bits per heavy atom. The number of fused-ring (bicyclic) bond motifs is 2. The van der Waals surface area contributed by atoms with E-state index in [-0.39, 0.29) is 46.5 Å². The Morgan fingerprint density at radius 3 is 1.30 bits per heavy atom. The summed E-state index contributed by atoms with van der Waals surface area (Å²) in [6.07, 6.45) is -3.43. The summed E-state index contributed by atoms with van der Waals surface area (Å²) in [7, 11) is 4.22. The number of piperidine rings is 2. The smallest absolute Gasteiger partial charge is 0.342 e. The summed E-state index contributed by atoms with van der Waals surface area (Å²) < 4.78 is 80.9. The van der Waals surface area contributed by atoms with Crippen LogP contribution in [0.5, 0.6) is 0 Å². The first kappa shape index (κ1) is 47.6. The molecule has 2 aromatic heterocycles. The lowest BCUT2D eigenvalue weighted by Gasteiger charge is -2.38. The number of amides is 2. The first-order chi connectivity index (χ1) is 30.4. The van der Waals surface area contributed by atoms with Gasteiger partial charge < -0.3 is 29.4 Å². The molecule has 4 atom stereocenters. The van der Waals surface area contributed by atoms with Crippen LogP contribution in [0, 0.1) is 11.8 Å². The molecule has 4 aliphatic rings.